The molecule has 0 radical (unpaired) electrons. The number of rotatable bonds is 6. The number of pyridine rings is 1. The van der Waals surface area contributed by atoms with E-state index in [4.69, 9.17) is 9.47 Å². The number of esters is 1. The number of aromatic nitrogens is 4. The lowest BCUT2D eigenvalue weighted by Crippen LogP contribution is -2.16. The quantitative estimate of drug-likeness (QED) is 0.390. The number of carbonyl (C=O) groups excluding carboxylic acids is 1. The van der Waals surface area contributed by atoms with Gasteiger partial charge in [-0.05, 0) is 17.7 Å². The number of fused-ring (bicyclic) bond motifs is 2. The van der Waals surface area contributed by atoms with E-state index < -0.39 is 5.97 Å². The highest BCUT2D eigenvalue weighted by Gasteiger charge is 2.25. The second kappa shape index (κ2) is 8.31. The second-order valence-electron chi connectivity index (χ2n) is 7.76. The highest BCUT2D eigenvalue weighted by atomic mass is 16.5. The number of aromatic amines is 2. The van der Waals surface area contributed by atoms with Crippen molar-refractivity contribution in [3.05, 3.63) is 94.2 Å². The van der Waals surface area contributed by atoms with Crippen molar-refractivity contribution in [3.8, 4) is 17.0 Å². The fraction of sp³-hybridized carbons (Fsp3) is 0.160. The zero-order valence-corrected chi connectivity index (χ0v) is 18.2. The number of hydrogen-bond donors (Lipinski definition) is 2. The van der Waals surface area contributed by atoms with Crippen LogP contribution in [0.25, 0.3) is 22.2 Å². The summed E-state index contributed by atoms with van der Waals surface area (Å²) in [5.41, 5.74) is 3.60. The van der Waals surface area contributed by atoms with Crippen molar-refractivity contribution in [2.45, 2.75) is 12.5 Å². The standard InChI is InChI=1S/C25H22N4O4/c1-32-22-10-6-4-8-16(22)18(17-11-26-21-9-5-3-7-15(17)21)12-29-13-19-23(27-28-24(19)30)20(14-29)25(31)33-2/h3-11,13-14,18,26H,12H2,1-2H3,(H,28,30). The Morgan fingerprint density at radius 1 is 1.06 bits per heavy atom. The smallest absolute Gasteiger partial charge is 0.341 e. The summed E-state index contributed by atoms with van der Waals surface area (Å²) in [7, 11) is 2.95. The number of hydrogen-bond acceptors (Lipinski definition) is 5. The summed E-state index contributed by atoms with van der Waals surface area (Å²) in [6.45, 7) is 0.451. The largest absolute Gasteiger partial charge is 0.496 e. The van der Waals surface area contributed by atoms with E-state index in [9.17, 15) is 9.59 Å². The topological polar surface area (TPSA) is 102 Å². The van der Waals surface area contributed by atoms with E-state index in [1.54, 1.807) is 19.5 Å². The van der Waals surface area contributed by atoms with E-state index in [2.05, 4.69) is 21.2 Å². The van der Waals surface area contributed by atoms with Crippen molar-refractivity contribution in [3.63, 3.8) is 0 Å². The van der Waals surface area contributed by atoms with Crippen LogP contribution in [0.1, 0.15) is 27.4 Å². The summed E-state index contributed by atoms with van der Waals surface area (Å²) in [6.07, 6.45) is 5.38. The van der Waals surface area contributed by atoms with Crippen LogP contribution >= 0.6 is 0 Å². The van der Waals surface area contributed by atoms with Gasteiger partial charge in [0, 0.05) is 47.5 Å². The number of nitrogens with zero attached hydrogens (tertiary/aromatic N) is 2. The van der Waals surface area contributed by atoms with Crippen LogP contribution in [0.3, 0.4) is 0 Å². The monoisotopic (exact) mass is 442 g/mol. The van der Waals surface area contributed by atoms with E-state index in [1.807, 2.05) is 53.2 Å². The van der Waals surface area contributed by atoms with Gasteiger partial charge in [-0.2, -0.15) is 5.10 Å². The number of carbonyl (C=O) groups is 1. The van der Waals surface area contributed by atoms with Gasteiger partial charge >= 0.3 is 5.97 Å². The summed E-state index contributed by atoms with van der Waals surface area (Å²) in [6, 6.07) is 15.9. The number of H-pyrrole nitrogens is 2. The molecule has 3 aromatic rings. The van der Waals surface area contributed by atoms with Crippen molar-refractivity contribution < 1.29 is 14.3 Å². The first-order valence-electron chi connectivity index (χ1n) is 10.5. The van der Waals surface area contributed by atoms with E-state index in [0.29, 0.717) is 17.8 Å². The minimum absolute atomic E-state index is 0.132. The van der Waals surface area contributed by atoms with Gasteiger partial charge in [0.15, 0.2) is 0 Å². The molecule has 2 aliphatic heterocycles. The van der Waals surface area contributed by atoms with Crippen molar-refractivity contribution >= 4 is 16.9 Å². The Morgan fingerprint density at radius 2 is 1.85 bits per heavy atom. The molecule has 0 fully saturated rings. The average molecular weight is 442 g/mol. The van der Waals surface area contributed by atoms with Gasteiger partial charge in [0.25, 0.3) is 5.56 Å². The Morgan fingerprint density at radius 3 is 2.67 bits per heavy atom. The maximum atomic E-state index is 12.4. The molecule has 0 bridgehead atoms. The Kier molecular flexibility index (Phi) is 5.18. The van der Waals surface area contributed by atoms with Crippen molar-refractivity contribution in [2.24, 2.45) is 0 Å². The molecule has 2 N–H and O–H groups in total. The third kappa shape index (κ3) is 3.55. The summed E-state index contributed by atoms with van der Waals surface area (Å²) < 4.78 is 12.4. The maximum Gasteiger partial charge on any atom is 0.341 e. The molecule has 8 nitrogen and oxygen atoms in total. The highest BCUT2D eigenvalue weighted by molar-refractivity contribution is 5.96. The number of benzene rings is 2. The molecule has 33 heavy (non-hydrogen) atoms. The first kappa shape index (κ1) is 20.6. The SMILES string of the molecule is COC(=O)c1cn(CC(c2ccccc2OC)c2c[nH]c3ccccc23)cc2c(=O)[nH]nc1-2. The molecule has 1 unspecified atom stereocenters. The molecule has 166 valence electrons. The van der Waals surface area contributed by atoms with Crippen molar-refractivity contribution in [1.29, 1.82) is 0 Å². The minimum atomic E-state index is -0.554. The molecule has 0 saturated carbocycles. The van der Waals surface area contributed by atoms with Crippen LogP contribution in [-0.2, 0) is 11.3 Å². The normalized spacial score (nSPS) is 12.2. The van der Waals surface area contributed by atoms with Crippen molar-refractivity contribution in [2.75, 3.05) is 14.2 Å². The summed E-state index contributed by atoms with van der Waals surface area (Å²) in [5.74, 6) is 0.0736. The van der Waals surface area contributed by atoms with Crippen LogP contribution in [0.15, 0.2) is 71.9 Å². The Balaban J connectivity index is 1.70. The number of nitrogens with one attached hydrogen (secondary N) is 2. The minimum Gasteiger partial charge on any atom is -0.496 e. The van der Waals surface area contributed by atoms with Gasteiger partial charge in [0.1, 0.15) is 17.0 Å². The lowest BCUT2D eigenvalue weighted by Gasteiger charge is -2.22. The molecule has 2 aromatic carbocycles. The van der Waals surface area contributed by atoms with Crippen LogP contribution in [-0.4, -0.2) is 39.9 Å². The fourth-order valence-electron chi connectivity index (χ4n) is 4.37. The molecule has 5 rings (SSSR count). The molecule has 0 aliphatic carbocycles. The fourth-order valence-corrected chi connectivity index (χ4v) is 4.37. The molecule has 2 aliphatic rings. The molecule has 3 heterocycles. The van der Waals surface area contributed by atoms with E-state index in [0.717, 1.165) is 27.8 Å². The van der Waals surface area contributed by atoms with Crippen LogP contribution < -0.4 is 10.3 Å². The molecular formula is C25H22N4O4. The van der Waals surface area contributed by atoms with E-state index in [1.165, 1.54) is 7.11 Å². The van der Waals surface area contributed by atoms with Crippen molar-refractivity contribution in [1.82, 2.24) is 19.7 Å². The summed E-state index contributed by atoms with van der Waals surface area (Å²) in [4.78, 5) is 28.1. The third-order valence-corrected chi connectivity index (χ3v) is 5.92. The lowest BCUT2D eigenvalue weighted by molar-refractivity contribution is 0.0600. The summed E-state index contributed by atoms with van der Waals surface area (Å²) in [5, 5.41) is 7.53. The molecule has 8 heteroatoms. The zero-order chi connectivity index (χ0) is 22.9. The van der Waals surface area contributed by atoms with Gasteiger partial charge in [-0.25, -0.2) is 9.89 Å². The molecule has 0 spiro atoms. The molecule has 1 aromatic heterocycles. The number of para-hydroxylation sites is 2. The van der Waals surface area contributed by atoms with Crippen LogP contribution in [0.5, 0.6) is 5.75 Å². The van der Waals surface area contributed by atoms with Crippen LogP contribution in [0.2, 0.25) is 0 Å². The van der Waals surface area contributed by atoms with Gasteiger partial charge in [-0.3, -0.25) is 4.79 Å². The Labute approximate surface area is 189 Å². The van der Waals surface area contributed by atoms with Crippen LogP contribution in [0, 0.1) is 0 Å². The molecular weight excluding hydrogens is 420 g/mol. The molecule has 0 amide bonds. The first-order chi connectivity index (χ1) is 16.1. The van der Waals surface area contributed by atoms with E-state index >= 15 is 0 Å². The second-order valence-corrected chi connectivity index (χ2v) is 7.76. The highest BCUT2D eigenvalue weighted by Crippen LogP contribution is 2.37. The predicted molar refractivity (Wildman–Crippen MR) is 124 cm³/mol. The van der Waals surface area contributed by atoms with Gasteiger partial charge in [0.05, 0.1) is 19.8 Å². The van der Waals surface area contributed by atoms with Gasteiger partial charge < -0.3 is 19.0 Å². The maximum absolute atomic E-state index is 12.4. The zero-order valence-electron chi connectivity index (χ0n) is 18.2. The number of methoxy groups -OCH3 is 2. The van der Waals surface area contributed by atoms with E-state index in [-0.39, 0.29) is 17.0 Å². The third-order valence-electron chi connectivity index (χ3n) is 5.92. The lowest BCUT2D eigenvalue weighted by atomic mass is 9.90. The average Bonchev–Trinajstić information content (AvgIpc) is 3.45. The van der Waals surface area contributed by atoms with Gasteiger partial charge in [-0.15, -0.1) is 0 Å². The molecule has 0 saturated heterocycles. The Hall–Kier alpha value is -4.33. The molecule has 1 atom stereocenters. The summed E-state index contributed by atoms with van der Waals surface area (Å²) >= 11 is 0. The predicted octanol–water partition coefficient (Wildman–Crippen LogP) is 3.78. The Bertz CT molecular complexity index is 1480. The first-order valence-corrected chi connectivity index (χ1v) is 10.5. The van der Waals surface area contributed by atoms with Crippen LogP contribution in [0.4, 0.5) is 0 Å². The van der Waals surface area contributed by atoms with Gasteiger partial charge in [0.2, 0.25) is 0 Å². The number of ether oxygens (including phenoxy) is 2. The van der Waals surface area contributed by atoms with Gasteiger partial charge in [-0.1, -0.05) is 36.4 Å².